The number of carbonyl (C=O) groups is 1. The van der Waals surface area contributed by atoms with E-state index in [-0.39, 0.29) is 12.0 Å². The van der Waals surface area contributed by atoms with Crippen LogP contribution in [0.1, 0.15) is 6.42 Å². The van der Waals surface area contributed by atoms with E-state index in [1.54, 1.807) is 7.11 Å². The molecule has 1 saturated carbocycles. The lowest BCUT2D eigenvalue weighted by molar-refractivity contribution is -0.148. The molecular weight excluding hydrogens is 324 g/mol. The summed E-state index contributed by atoms with van der Waals surface area (Å²) in [4.78, 5) is 18.8. The molecule has 1 unspecified atom stereocenters. The van der Waals surface area contributed by atoms with Crippen LogP contribution in [0.3, 0.4) is 0 Å². The number of carbonyl (C=O) groups excluding carboxylic acids is 1. The molecule has 1 aliphatic heterocycles. The third-order valence-corrected chi connectivity index (χ3v) is 4.87. The minimum atomic E-state index is -0.408. The van der Waals surface area contributed by atoms with Gasteiger partial charge in [-0.1, -0.05) is 6.07 Å². The fourth-order valence-corrected chi connectivity index (χ4v) is 3.74. The highest BCUT2D eigenvalue weighted by molar-refractivity contribution is 9.10. The second-order valence-corrected chi connectivity index (χ2v) is 6.19. The number of piperidine rings is 1. The number of rotatable bonds is 4. The zero-order valence-electron chi connectivity index (χ0n) is 11.5. The minimum Gasteiger partial charge on any atom is -0.469 e. The van der Waals surface area contributed by atoms with Crippen molar-refractivity contribution in [1.82, 2.24) is 4.98 Å². The summed E-state index contributed by atoms with van der Waals surface area (Å²) in [7, 11) is 3.11. The molecule has 0 N–H and O–H groups in total. The van der Waals surface area contributed by atoms with E-state index in [1.165, 1.54) is 7.11 Å². The van der Waals surface area contributed by atoms with Gasteiger partial charge in [-0.15, -0.1) is 0 Å². The lowest BCUT2D eigenvalue weighted by Gasteiger charge is -2.31. The molecule has 0 bridgehead atoms. The third-order valence-electron chi connectivity index (χ3n) is 4.43. The van der Waals surface area contributed by atoms with Gasteiger partial charge in [-0.05, 0) is 40.4 Å². The van der Waals surface area contributed by atoms with Crippen LogP contribution in [0.15, 0.2) is 22.8 Å². The molecule has 1 aromatic heterocycles. The van der Waals surface area contributed by atoms with Crippen molar-refractivity contribution in [2.24, 2.45) is 11.3 Å². The zero-order valence-corrected chi connectivity index (χ0v) is 13.1. The second-order valence-electron chi connectivity index (χ2n) is 5.38. The van der Waals surface area contributed by atoms with Crippen LogP contribution in [0.25, 0.3) is 0 Å². The maximum absolute atomic E-state index is 12.2. The van der Waals surface area contributed by atoms with E-state index in [9.17, 15) is 4.79 Å². The summed E-state index contributed by atoms with van der Waals surface area (Å²) in [5.74, 6) is 1.09. The van der Waals surface area contributed by atoms with E-state index in [0.717, 1.165) is 23.4 Å². The number of fused-ring (bicyclic) bond motifs is 1. The van der Waals surface area contributed by atoms with Gasteiger partial charge in [0.05, 0.1) is 25.2 Å². The first-order valence-electron chi connectivity index (χ1n) is 6.60. The van der Waals surface area contributed by atoms with Gasteiger partial charge in [-0.25, -0.2) is 4.98 Å². The van der Waals surface area contributed by atoms with Crippen molar-refractivity contribution in [2.45, 2.75) is 12.5 Å². The summed E-state index contributed by atoms with van der Waals surface area (Å²) in [6, 6.07) is 5.79. The molecule has 0 radical (unpaired) electrons. The molecule has 2 heterocycles. The standard InChI is InChI=1S/C14H17BrN2O3/c1-19-8-10-14(13(18)20-2)6-9(14)7-17(10)12-5-3-4-11(15)16-12/h3-5,9-10H,6-8H2,1-2H3/t9?,10-,14-/m1/s1. The van der Waals surface area contributed by atoms with Gasteiger partial charge in [-0.3, -0.25) is 4.79 Å². The summed E-state index contributed by atoms with van der Waals surface area (Å²) >= 11 is 3.39. The lowest BCUT2D eigenvalue weighted by Crippen LogP contribution is -2.44. The van der Waals surface area contributed by atoms with Crippen molar-refractivity contribution in [3.05, 3.63) is 22.8 Å². The third kappa shape index (κ3) is 1.93. The van der Waals surface area contributed by atoms with Gasteiger partial charge >= 0.3 is 5.97 Å². The molecule has 0 spiro atoms. The molecule has 0 amide bonds. The van der Waals surface area contributed by atoms with E-state index < -0.39 is 5.41 Å². The van der Waals surface area contributed by atoms with Gasteiger partial charge in [0.15, 0.2) is 0 Å². The van der Waals surface area contributed by atoms with Gasteiger partial charge in [0.2, 0.25) is 0 Å². The van der Waals surface area contributed by atoms with Crippen LogP contribution in [-0.2, 0) is 14.3 Å². The topological polar surface area (TPSA) is 51.7 Å². The molecule has 5 nitrogen and oxygen atoms in total. The number of pyridine rings is 1. The number of anilines is 1. The summed E-state index contributed by atoms with van der Waals surface area (Å²) in [6.07, 6.45) is 0.887. The Hall–Kier alpha value is -1.14. The van der Waals surface area contributed by atoms with Crippen LogP contribution < -0.4 is 4.90 Å². The maximum atomic E-state index is 12.2. The highest BCUT2D eigenvalue weighted by Crippen LogP contribution is 2.62. The molecule has 3 rings (SSSR count). The van der Waals surface area contributed by atoms with Crippen molar-refractivity contribution < 1.29 is 14.3 Å². The molecule has 6 heteroatoms. The molecule has 1 saturated heterocycles. The molecule has 0 aromatic carbocycles. The van der Waals surface area contributed by atoms with E-state index >= 15 is 0 Å². The number of aromatic nitrogens is 1. The summed E-state index contributed by atoms with van der Waals surface area (Å²) in [5, 5.41) is 0. The van der Waals surface area contributed by atoms with Crippen molar-refractivity contribution in [3.63, 3.8) is 0 Å². The van der Waals surface area contributed by atoms with E-state index in [1.807, 2.05) is 18.2 Å². The minimum absolute atomic E-state index is 0.00764. The largest absolute Gasteiger partial charge is 0.469 e. The van der Waals surface area contributed by atoms with Crippen LogP contribution in [-0.4, -0.2) is 44.4 Å². The second kappa shape index (κ2) is 5.00. The Kier molecular flexibility index (Phi) is 3.46. The number of hydrogen-bond donors (Lipinski definition) is 0. The lowest BCUT2D eigenvalue weighted by atomic mass is 9.96. The molecule has 20 heavy (non-hydrogen) atoms. The van der Waals surface area contributed by atoms with Gasteiger partial charge < -0.3 is 14.4 Å². The first-order chi connectivity index (χ1) is 9.63. The van der Waals surface area contributed by atoms with Crippen molar-refractivity contribution in [2.75, 3.05) is 32.3 Å². The van der Waals surface area contributed by atoms with Gasteiger partial charge in [0, 0.05) is 13.7 Å². The number of esters is 1. The number of ether oxygens (including phenoxy) is 2. The van der Waals surface area contributed by atoms with E-state index in [0.29, 0.717) is 12.5 Å². The Morgan fingerprint density at radius 3 is 3.00 bits per heavy atom. The number of halogens is 1. The average molecular weight is 341 g/mol. The van der Waals surface area contributed by atoms with Crippen LogP contribution in [0.2, 0.25) is 0 Å². The van der Waals surface area contributed by atoms with Gasteiger partial charge in [0.1, 0.15) is 10.4 Å². The van der Waals surface area contributed by atoms with Gasteiger partial charge in [0.25, 0.3) is 0 Å². The maximum Gasteiger partial charge on any atom is 0.314 e. The normalized spacial score (nSPS) is 31.1. The molecule has 3 atom stereocenters. The molecule has 1 aromatic rings. The molecule has 2 aliphatic rings. The van der Waals surface area contributed by atoms with Crippen LogP contribution in [0, 0.1) is 11.3 Å². The summed E-state index contributed by atoms with van der Waals surface area (Å²) < 4.78 is 11.1. The Bertz CT molecular complexity index is 539. The SMILES string of the molecule is COC[C@H]1N(c2cccc(Br)n2)CC2C[C@@]21C(=O)OC. The Balaban J connectivity index is 1.92. The van der Waals surface area contributed by atoms with Crippen LogP contribution in [0.5, 0.6) is 0 Å². The smallest absolute Gasteiger partial charge is 0.314 e. The molecule has 2 fully saturated rings. The molecular formula is C14H17BrN2O3. The molecule has 108 valence electrons. The number of nitrogens with zero attached hydrogens (tertiary/aromatic N) is 2. The Morgan fingerprint density at radius 1 is 1.55 bits per heavy atom. The fraction of sp³-hybridized carbons (Fsp3) is 0.571. The zero-order chi connectivity index (χ0) is 14.3. The number of methoxy groups -OCH3 is 2. The summed E-state index contributed by atoms with van der Waals surface area (Å²) in [5.41, 5.74) is -0.408. The van der Waals surface area contributed by atoms with Crippen LogP contribution >= 0.6 is 15.9 Å². The quantitative estimate of drug-likeness (QED) is 0.618. The highest BCUT2D eigenvalue weighted by Gasteiger charge is 2.71. The molecule has 1 aliphatic carbocycles. The Labute approximate surface area is 126 Å². The van der Waals surface area contributed by atoms with Gasteiger partial charge in [-0.2, -0.15) is 0 Å². The predicted octanol–water partition coefficient (Wildman–Crippen LogP) is 1.86. The fourth-order valence-electron chi connectivity index (χ4n) is 3.41. The highest BCUT2D eigenvalue weighted by atomic mass is 79.9. The summed E-state index contributed by atoms with van der Waals surface area (Å²) in [6.45, 7) is 1.33. The average Bonchev–Trinajstić information content (AvgIpc) is 3.09. The van der Waals surface area contributed by atoms with Crippen LogP contribution in [0.4, 0.5) is 5.82 Å². The van der Waals surface area contributed by atoms with Crippen molar-refractivity contribution in [1.29, 1.82) is 0 Å². The van der Waals surface area contributed by atoms with E-state index in [2.05, 4.69) is 25.8 Å². The predicted molar refractivity (Wildman–Crippen MR) is 77.5 cm³/mol. The van der Waals surface area contributed by atoms with Crippen molar-refractivity contribution in [3.8, 4) is 0 Å². The first kappa shape index (κ1) is 13.8. The number of hydrogen-bond acceptors (Lipinski definition) is 5. The first-order valence-corrected chi connectivity index (χ1v) is 7.39. The van der Waals surface area contributed by atoms with Crippen molar-refractivity contribution >= 4 is 27.7 Å². The Morgan fingerprint density at radius 2 is 2.35 bits per heavy atom. The van der Waals surface area contributed by atoms with E-state index in [4.69, 9.17) is 9.47 Å². The monoisotopic (exact) mass is 340 g/mol.